The van der Waals surface area contributed by atoms with Gasteiger partial charge in [0.2, 0.25) is 16.0 Å². The number of amides is 1. The first-order chi connectivity index (χ1) is 14.2. The summed E-state index contributed by atoms with van der Waals surface area (Å²) in [7, 11) is 0. The van der Waals surface area contributed by atoms with Crippen molar-refractivity contribution in [1.29, 1.82) is 0 Å². The largest absolute Gasteiger partial charge is 0.616 e. The summed E-state index contributed by atoms with van der Waals surface area (Å²) in [6.07, 6.45) is -3.35. The maximum absolute atomic E-state index is 13.2. The van der Waals surface area contributed by atoms with E-state index in [1.807, 2.05) is 6.07 Å². The normalized spacial score (nSPS) is 25.6. The molecule has 0 bridgehead atoms. The molecule has 4 rings (SSSR count). The van der Waals surface area contributed by atoms with Crippen LogP contribution in [0.1, 0.15) is 28.8 Å². The smallest absolute Gasteiger partial charge is 0.445 e. The first-order valence-electron chi connectivity index (χ1n) is 9.28. The van der Waals surface area contributed by atoms with E-state index in [1.54, 1.807) is 15.9 Å². The molecule has 0 radical (unpaired) electrons. The van der Waals surface area contributed by atoms with Crippen LogP contribution in [0.3, 0.4) is 0 Å². The van der Waals surface area contributed by atoms with Gasteiger partial charge in [-0.25, -0.2) is 0 Å². The summed E-state index contributed by atoms with van der Waals surface area (Å²) in [6, 6.07) is 3.26. The molecule has 1 amide bonds. The first kappa shape index (κ1) is 22.1. The second-order valence-corrected chi connectivity index (χ2v) is 11.5. The van der Waals surface area contributed by atoms with E-state index >= 15 is 0 Å². The van der Waals surface area contributed by atoms with E-state index in [0.717, 1.165) is 4.88 Å². The summed E-state index contributed by atoms with van der Waals surface area (Å²) in [5.41, 5.74) is 0. The first-order valence-corrected chi connectivity index (χ1v) is 12.8. The molecule has 2 aromatic heterocycles. The van der Waals surface area contributed by atoms with Crippen LogP contribution in [0.2, 0.25) is 4.34 Å². The van der Waals surface area contributed by atoms with Crippen LogP contribution in [0.5, 0.6) is 0 Å². The van der Waals surface area contributed by atoms with Gasteiger partial charge in [-0.1, -0.05) is 34.1 Å². The van der Waals surface area contributed by atoms with Gasteiger partial charge in [0.05, 0.1) is 10.4 Å². The van der Waals surface area contributed by atoms with Gasteiger partial charge in [0, 0.05) is 43.3 Å². The fourth-order valence-electron chi connectivity index (χ4n) is 3.70. The molecule has 0 N–H and O–H groups in total. The number of anilines is 1. The van der Waals surface area contributed by atoms with Gasteiger partial charge in [-0.3, -0.25) is 4.79 Å². The van der Waals surface area contributed by atoms with Gasteiger partial charge >= 0.3 is 6.18 Å². The standard InChI is InChI=1S/C17H18ClF3N4O2S3/c18-13-2-1-12(28-13)11-9-24(16-23-22-15(29-16)17(19,20)21)5-6-25(11)14(26)10-3-7-30(27)8-4-10/h1-2,10-11H,3-9H2/t10?,11-,30?/m0/s1. The Morgan fingerprint density at radius 2 is 1.93 bits per heavy atom. The zero-order valence-electron chi connectivity index (χ0n) is 15.6. The van der Waals surface area contributed by atoms with Crippen LogP contribution < -0.4 is 4.90 Å². The van der Waals surface area contributed by atoms with Crippen molar-refractivity contribution in [1.82, 2.24) is 15.1 Å². The Balaban J connectivity index is 1.55. The maximum Gasteiger partial charge on any atom is 0.445 e. The van der Waals surface area contributed by atoms with E-state index in [2.05, 4.69) is 10.2 Å². The van der Waals surface area contributed by atoms with Gasteiger partial charge in [0.15, 0.2) is 0 Å². The Hall–Kier alpha value is -1.08. The summed E-state index contributed by atoms with van der Waals surface area (Å²) in [5.74, 6) is 0.882. The van der Waals surface area contributed by atoms with E-state index in [0.29, 0.717) is 59.7 Å². The molecule has 2 saturated heterocycles. The number of hydrogen-bond donors (Lipinski definition) is 0. The number of thiophene rings is 1. The molecule has 2 aromatic rings. The molecule has 30 heavy (non-hydrogen) atoms. The number of hydrogen-bond acceptors (Lipinski definition) is 7. The number of nitrogens with zero attached hydrogens (tertiary/aromatic N) is 4. The van der Waals surface area contributed by atoms with Crippen LogP contribution in [0.4, 0.5) is 18.3 Å². The molecule has 6 nitrogen and oxygen atoms in total. The molecule has 0 aliphatic carbocycles. The second kappa shape index (κ2) is 8.81. The molecule has 2 aliphatic rings. The second-order valence-electron chi connectivity index (χ2n) is 7.15. The number of carbonyl (C=O) groups excluding carboxylic acids is 1. The predicted octanol–water partition coefficient (Wildman–Crippen LogP) is 3.82. The Morgan fingerprint density at radius 3 is 2.53 bits per heavy atom. The fourth-order valence-corrected chi connectivity index (χ4v) is 6.92. The van der Waals surface area contributed by atoms with Crippen molar-refractivity contribution in [2.24, 2.45) is 5.92 Å². The highest BCUT2D eigenvalue weighted by molar-refractivity contribution is 7.91. The van der Waals surface area contributed by atoms with Gasteiger partial charge < -0.3 is 14.4 Å². The lowest BCUT2D eigenvalue weighted by molar-refractivity contribution is -0.139. The van der Waals surface area contributed by atoms with Crippen molar-refractivity contribution in [2.45, 2.75) is 25.1 Å². The molecule has 164 valence electrons. The zero-order valence-corrected chi connectivity index (χ0v) is 18.8. The number of carbonyl (C=O) groups is 1. The van der Waals surface area contributed by atoms with Crippen LogP contribution in [0, 0.1) is 5.92 Å². The van der Waals surface area contributed by atoms with Crippen LogP contribution in [0.15, 0.2) is 12.1 Å². The molecular weight excluding hydrogens is 481 g/mol. The fraction of sp³-hybridized carbons (Fsp3) is 0.588. The highest BCUT2D eigenvalue weighted by atomic mass is 35.5. The summed E-state index contributed by atoms with van der Waals surface area (Å²) in [5, 5.41) is 6.20. The summed E-state index contributed by atoms with van der Waals surface area (Å²) in [6.45, 7) is 1.04. The van der Waals surface area contributed by atoms with Crippen LogP contribution in [0.25, 0.3) is 0 Å². The van der Waals surface area contributed by atoms with Crippen LogP contribution in [-0.2, 0) is 22.1 Å². The average molecular weight is 499 g/mol. The lowest BCUT2D eigenvalue weighted by Crippen LogP contribution is -2.52. The van der Waals surface area contributed by atoms with Crippen molar-refractivity contribution < 1.29 is 22.5 Å². The molecule has 2 aliphatic heterocycles. The average Bonchev–Trinajstić information content (AvgIpc) is 3.37. The van der Waals surface area contributed by atoms with E-state index in [9.17, 15) is 22.5 Å². The number of halogens is 4. The minimum atomic E-state index is -4.53. The predicted molar refractivity (Wildman–Crippen MR) is 112 cm³/mol. The summed E-state index contributed by atoms with van der Waals surface area (Å²) < 4.78 is 51.0. The molecule has 0 aromatic carbocycles. The third-order valence-electron chi connectivity index (χ3n) is 5.25. The zero-order chi connectivity index (χ0) is 21.5. The lowest BCUT2D eigenvalue weighted by atomic mass is 9.98. The Morgan fingerprint density at radius 1 is 1.20 bits per heavy atom. The maximum atomic E-state index is 13.2. The van der Waals surface area contributed by atoms with Crippen molar-refractivity contribution in [3.05, 3.63) is 26.4 Å². The Kier molecular flexibility index (Phi) is 6.50. The van der Waals surface area contributed by atoms with Crippen LogP contribution in [-0.4, -0.2) is 56.7 Å². The quantitative estimate of drug-likeness (QED) is 0.601. The Bertz CT molecular complexity index is 901. The minimum Gasteiger partial charge on any atom is -0.616 e. The molecule has 0 unspecified atom stereocenters. The number of alkyl halides is 3. The van der Waals surface area contributed by atoms with Gasteiger partial charge in [-0.15, -0.1) is 21.5 Å². The monoisotopic (exact) mass is 498 g/mol. The Labute approximate surface area is 187 Å². The number of piperazine rings is 1. The molecule has 4 heterocycles. The van der Waals surface area contributed by atoms with E-state index in [-0.39, 0.29) is 23.0 Å². The highest BCUT2D eigenvalue weighted by Crippen LogP contribution is 2.39. The van der Waals surface area contributed by atoms with E-state index in [4.69, 9.17) is 11.6 Å². The molecule has 0 saturated carbocycles. The van der Waals surface area contributed by atoms with Crippen molar-refractivity contribution >= 4 is 56.5 Å². The SMILES string of the molecule is O=C(C1CC[S+]([O-])CC1)N1CCN(c2nnc(C(F)(F)F)s2)C[C@H]1c1ccc(Cl)s1. The number of rotatable bonds is 3. The highest BCUT2D eigenvalue weighted by Gasteiger charge is 2.40. The van der Waals surface area contributed by atoms with Crippen molar-refractivity contribution in [2.75, 3.05) is 36.0 Å². The third kappa shape index (κ3) is 4.72. The van der Waals surface area contributed by atoms with E-state index < -0.39 is 22.4 Å². The number of aromatic nitrogens is 2. The topological polar surface area (TPSA) is 72.4 Å². The van der Waals surface area contributed by atoms with Crippen molar-refractivity contribution in [3.8, 4) is 0 Å². The van der Waals surface area contributed by atoms with Gasteiger partial charge in [0.1, 0.15) is 11.5 Å². The molecular formula is C17H18ClF3N4O2S3. The lowest BCUT2D eigenvalue weighted by Gasteiger charge is -2.42. The van der Waals surface area contributed by atoms with E-state index in [1.165, 1.54) is 11.3 Å². The molecule has 1 atom stereocenters. The molecule has 13 heteroatoms. The van der Waals surface area contributed by atoms with Gasteiger partial charge in [-0.2, -0.15) is 13.2 Å². The minimum absolute atomic E-state index is 0.00844. The molecule has 0 spiro atoms. The van der Waals surface area contributed by atoms with Gasteiger partial charge in [0.25, 0.3) is 0 Å². The van der Waals surface area contributed by atoms with Crippen molar-refractivity contribution in [3.63, 3.8) is 0 Å². The third-order valence-corrected chi connectivity index (χ3v) is 8.99. The van der Waals surface area contributed by atoms with Gasteiger partial charge in [-0.05, 0) is 12.1 Å². The molecule has 2 fully saturated rings. The van der Waals surface area contributed by atoms with Crippen LogP contribution >= 0.6 is 34.3 Å². The summed E-state index contributed by atoms with van der Waals surface area (Å²) in [4.78, 5) is 17.6. The summed E-state index contributed by atoms with van der Waals surface area (Å²) >= 11 is 7.10.